The first kappa shape index (κ1) is 12.9. The summed E-state index contributed by atoms with van der Waals surface area (Å²) in [6.45, 7) is 0.451. The van der Waals surface area contributed by atoms with Crippen molar-refractivity contribution in [2.75, 3.05) is 0 Å². The van der Waals surface area contributed by atoms with Crippen LogP contribution in [0.1, 0.15) is 5.56 Å². The van der Waals surface area contributed by atoms with Crippen molar-refractivity contribution >= 4 is 11.6 Å². The maximum Gasteiger partial charge on any atom is 0.0705 e. The van der Waals surface area contributed by atoms with Crippen LogP contribution in [0.2, 0.25) is 5.02 Å². The lowest BCUT2D eigenvalue weighted by molar-refractivity contribution is 0.859. The molecule has 3 nitrogen and oxygen atoms in total. The second kappa shape index (κ2) is 5.49. The third-order valence-electron chi connectivity index (χ3n) is 3.20. The molecule has 0 bridgehead atoms. The molecule has 0 fully saturated rings. The topological polar surface area (TPSA) is 43.8 Å². The number of hydrogen-bond donors (Lipinski definition) is 1. The van der Waals surface area contributed by atoms with Crippen LogP contribution < -0.4 is 5.73 Å². The zero-order chi connectivity index (χ0) is 13.9. The third-order valence-corrected chi connectivity index (χ3v) is 3.44. The lowest BCUT2D eigenvalue weighted by Gasteiger charge is -2.08. The molecular weight excluding hydrogens is 270 g/mol. The first-order chi connectivity index (χ1) is 9.78. The van der Waals surface area contributed by atoms with Crippen LogP contribution in [0.4, 0.5) is 0 Å². The fraction of sp³-hybridized carbons (Fsp3) is 0.0625. The number of hydrogen-bond acceptors (Lipinski definition) is 2. The summed E-state index contributed by atoms with van der Waals surface area (Å²) in [5.41, 5.74) is 9.90. The summed E-state index contributed by atoms with van der Waals surface area (Å²) < 4.78 is 1.82. The van der Waals surface area contributed by atoms with Crippen molar-refractivity contribution < 1.29 is 0 Å². The maximum atomic E-state index is 6.07. The number of benzene rings is 2. The van der Waals surface area contributed by atoms with E-state index in [1.54, 1.807) is 0 Å². The van der Waals surface area contributed by atoms with Gasteiger partial charge in [-0.15, -0.1) is 0 Å². The van der Waals surface area contributed by atoms with E-state index in [0.29, 0.717) is 11.6 Å². The Morgan fingerprint density at radius 1 is 1.05 bits per heavy atom. The average molecular weight is 284 g/mol. The molecule has 100 valence electrons. The molecule has 0 aliphatic rings. The number of aromatic nitrogens is 2. The van der Waals surface area contributed by atoms with Gasteiger partial charge in [-0.1, -0.05) is 48.0 Å². The summed E-state index contributed by atoms with van der Waals surface area (Å²) in [5, 5.41) is 5.09. The second-order valence-electron chi connectivity index (χ2n) is 4.52. The molecule has 0 amide bonds. The molecule has 3 rings (SSSR count). The Kier molecular flexibility index (Phi) is 3.54. The van der Waals surface area contributed by atoms with Gasteiger partial charge in [-0.25, -0.2) is 4.68 Å². The Morgan fingerprint density at radius 3 is 2.60 bits per heavy atom. The van der Waals surface area contributed by atoms with Gasteiger partial charge in [0, 0.05) is 23.3 Å². The molecule has 0 saturated heterocycles. The molecule has 0 spiro atoms. The molecule has 0 aliphatic heterocycles. The molecule has 1 heterocycles. The molecule has 2 aromatic carbocycles. The van der Waals surface area contributed by atoms with Crippen molar-refractivity contribution in [2.24, 2.45) is 5.73 Å². The minimum absolute atomic E-state index is 0.451. The largest absolute Gasteiger partial charge is 0.326 e. The number of rotatable bonds is 3. The van der Waals surface area contributed by atoms with Crippen LogP contribution in [-0.2, 0) is 6.54 Å². The lowest BCUT2D eigenvalue weighted by atomic mass is 10.1. The number of nitrogens with zero attached hydrogens (tertiary/aromatic N) is 2. The van der Waals surface area contributed by atoms with Crippen LogP contribution in [0.15, 0.2) is 60.9 Å². The summed E-state index contributed by atoms with van der Waals surface area (Å²) in [6, 6.07) is 15.8. The predicted molar refractivity (Wildman–Crippen MR) is 81.9 cm³/mol. The van der Waals surface area contributed by atoms with Gasteiger partial charge in [-0.05, 0) is 23.3 Å². The Bertz CT molecular complexity index is 720. The summed E-state index contributed by atoms with van der Waals surface area (Å²) in [6.07, 6.45) is 3.83. The maximum absolute atomic E-state index is 6.07. The molecule has 1 aromatic heterocycles. The highest BCUT2D eigenvalue weighted by molar-refractivity contribution is 6.30. The molecule has 4 heteroatoms. The van der Waals surface area contributed by atoms with E-state index in [1.807, 2.05) is 53.5 Å². The van der Waals surface area contributed by atoms with Crippen LogP contribution in [0.25, 0.3) is 16.8 Å². The van der Waals surface area contributed by atoms with Gasteiger partial charge < -0.3 is 5.73 Å². The standard InChI is InChI=1S/C16H14ClN3/c17-15-7-6-13(9-18)16(8-15)20-11-14(10-19-20)12-4-2-1-3-5-12/h1-8,10-11H,9,18H2. The van der Waals surface area contributed by atoms with Gasteiger partial charge in [0.25, 0.3) is 0 Å². The summed E-state index contributed by atoms with van der Waals surface area (Å²) in [4.78, 5) is 0. The van der Waals surface area contributed by atoms with Crippen molar-refractivity contribution in [3.63, 3.8) is 0 Å². The van der Waals surface area contributed by atoms with E-state index < -0.39 is 0 Å². The lowest BCUT2D eigenvalue weighted by Crippen LogP contribution is -2.04. The summed E-state index contributed by atoms with van der Waals surface area (Å²) in [5.74, 6) is 0. The quantitative estimate of drug-likeness (QED) is 0.797. The van der Waals surface area contributed by atoms with Gasteiger partial charge in [0.15, 0.2) is 0 Å². The van der Waals surface area contributed by atoms with E-state index in [2.05, 4.69) is 17.2 Å². The van der Waals surface area contributed by atoms with Crippen LogP contribution in [0, 0.1) is 0 Å². The first-order valence-electron chi connectivity index (χ1n) is 6.37. The van der Waals surface area contributed by atoms with Gasteiger partial charge >= 0.3 is 0 Å². The smallest absolute Gasteiger partial charge is 0.0705 e. The zero-order valence-electron chi connectivity index (χ0n) is 10.8. The fourth-order valence-corrected chi connectivity index (χ4v) is 2.32. The van der Waals surface area contributed by atoms with Gasteiger partial charge in [0.1, 0.15) is 0 Å². The highest BCUT2D eigenvalue weighted by atomic mass is 35.5. The van der Waals surface area contributed by atoms with Gasteiger partial charge in [-0.2, -0.15) is 5.10 Å². The first-order valence-corrected chi connectivity index (χ1v) is 6.74. The van der Waals surface area contributed by atoms with Crippen molar-refractivity contribution in [3.05, 3.63) is 71.5 Å². The Balaban J connectivity index is 2.04. The van der Waals surface area contributed by atoms with Crippen LogP contribution in [0.3, 0.4) is 0 Å². The van der Waals surface area contributed by atoms with Crippen molar-refractivity contribution in [3.8, 4) is 16.8 Å². The van der Waals surface area contributed by atoms with E-state index in [4.69, 9.17) is 17.3 Å². The van der Waals surface area contributed by atoms with Gasteiger partial charge in [0.05, 0.1) is 11.9 Å². The van der Waals surface area contributed by atoms with Crippen molar-refractivity contribution in [1.29, 1.82) is 0 Å². The third kappa shape index (κ3) is 2.46. The average Bonchev–Trinajstić information content (AvgIpc) is 2.98. The van der Waals surface area contributed by atoms with E-state index >= 15 is 0 Å². The monoisotopic (exact) mass is 283 g/mol. The second-order valence-corrected chi connectivity index (χ2v) is 4.95. The minimum atomic E-state index is 0.451. The number of nitrogens with two attached hydrogens (primary N) is 1. The van der Waals surface area contributed by atoms with E-state index in [9.17, 15) is 0 Å². The van der Waals surface area contributed by atoms with Crippen molar-refractivity contribution in [2.45, 2.75) is 6.54 Å². The minimum Gasteiger partial charge on any atom is -0.326 e. The summed E-state index contributed by atoms with van der Waals surface area (Å²) in [7, 11) is 0. The Hall–Kier alpha value is -2.10. The zero-order valence-corrected chi connectivity index (χ0v) is 11.6. The molecule has 3 aromatic rings. The Morgan fingerprint density at radius 2 is 1.85 bits per heavy atom. The van der Waals surface area contributed by atoms with Crippen molar-refractivity contribution in [1.82, 2.24) is 9.78 Å². The van der Waals surface area contributed by atoms with Gasteiger partial charge in [0.2, 0.25) is 0 Å². The molecular formula is C16H14ClN3. The highest BCUT2D eigenvalue weighted by Crippen LogP contribution is 2.23. The molecule has 0 saturated carbocycles. The normalized spacial score (nSPS) is 10.7. The van der Waals surface area contributed by atoms with E-state index in [0.717, 1.165) is 22.4 Å². The fourth-order valence-electron chi connectivity index (χ4n) is 2.16. The Labute approximate surface area is 122 Å². The van der Waals surface area contributed by atoms with Gasteiger partial charge in [-0.3, -0.25) is 0 Å². The predicted octanol–water partition coefficient (Wildman–Crippen LogP) is 3.65. The van der Waals surface area contributed by atoms with Crippen LogP contribution >= 0.6 is 11.6 Å². The molecule has 0 atom stereocenters. The summed E-state index contributed by atoms with van der Waals surface area (Å²) >= 11 is 6.07. The number of halogens is 1. The van der Waals surface area contributed by atoms with Crippen LogP contribution in [-0.4, -0.2) is 9.78 Å². The molecule has 0 unspecified atom stereocenters. The van der Waals surface area contributed by atoms with E-state index in [1.165, 1.54) is 0 Å². The highest BCUT2D eigenvalue weighted by Gasteiger charge is 2.07. The molecule has 2 N–H and O–H groups in total. The SMILES string of the molecule is NCc1ccc(Cl)cc1-n1cc(-c2ccccc2)cn1. The van der Waals surface area contributed by atoms with Crippen LogP contribution in [0.5, 0.6) is 0 Å². The molecule has 0 radical (unpaired) electrons. The van der Waals surface area contributed by atoms with E-state index in [-0.39, 0.29) is 0 Å². The molecule has 0 aliphatic carbocycles. The molecule has 20 heavy (non-hydrogen) atoms.